The van der Waals surface area contributed by atoms with Crippen molar-refractivity contribution in [3.8, 4) is 0 Å². The summed E-state index contributed by atoms with van der Waals surface area (Å²) in [5, 5.41) is 3.73. The van der Waals surface area contributed by atoms with Crippen LogP contribution in [0.15, 0.2) is 0 Å². The molecule has 102 valence electrons. The van der Waals surface area contributed by atoms with Crippen LogP contribution in [0.4, 0.5) is 0 Å². The first kappa shape index (κ1) is 12.5. The molecule has 0 aliphatic heterocycles. The van der Waals surface area contributed by atoms with Crippen molar-refractivity contribution in [2.45, 2.75) is 69.9 Å². The SMILES string of the molecule is CCOC(=O)C1(NC2CCCC2)CC2CCC1C2. The second-order valence-electron chi connectivity index (χ2n) is 6.40. The van der Waals surface area contributed by atoms with Crippen LogP contribution in [-0.2, 0) is 9.53 Å². The molecule has 18 heavy (non-hydrogen) atoms. The van der Waals surface area contributed by atoms with Crippen molar-refractivity contribution in [2.75, 3.05) is 6.61 Å². The molecule has 3 rings (SSSR count). The van der Waals surface area contributed by atoms with Crippen molar-refractivity contribution in [1.82, 2.24) is 5.32 Å². The molecule has 0 radical (unpaired) electrons. The second-order valence-corrected chi connectivity index (χ2v) is 6.40. The topological polar surface area (TPSA) is 38.3 Å². The minimum Gasteiger partial charge on any atom is -0.465 e. The van der Waals surface area contributed by atoms with Gasteiger partial charge in [-0.1, -0.05) is 19.3 Å². The van der Waals surface area contributed by atoms with Gasteiger partial charge >= 0.3 is 5.97 Å². The molecule has 3 unspecified atom stereocenters. The number of fused-ring (bicyclic) bond motifs is 2. The lowest BCUT2D eigenvalue weighted by molar-refractivity contribution is -0.154. The number of esters is 1. The Hall–Kier alpha value is -0.570. The van der Waals surface area contributed by atoms with Crippen molar-refractivity contribution in [3.63, 3.8) is 0 Å². The van der Waals surface area contributed by atoms with E-state index in [1.54, 1.807) is 0 Å². The monoisotopic (exact) mass is 251 g/mol. The van der Waals surface area contributed by atoms with Crippen LogP contribution < -0.4 is 5.32 Å². The van der Waals surface area contributed by atoms with E-state index in [0.29, 0.717) is 18.6 Å². The maximum atomic E-state index is 12.5. The van der Waals surface area contributed by atoms with E-state index in [2.05, 4.69) is 5.32 Å². The van der Waals surface area contributed by atoms with Gasteiger partial charge in [0.15, 0.2) is 0 Å². The van der Waals surface area contributed by atoms with Gasteiger partial charge in [0.2, 0.25) is 0 Å². The summed E-state index contributed by atoms with van der Waals surface area (Å²) in [6, 6.07) is 0.550. The van der Waals surface area contributed by atoms with E-state index in [0.717, 1.165) is 12.3 Å². The highest BCUT2D eigenvalue weighted by molar-refractivity contribution is 5.82. The predicted octanol–water partition coefficient (Wildman–Crippen LogP) is 2.64. The first-order valence-electron chi connectivity index (χ1n) is 7.69. The number of hydrogen-bond donors (Lipinski definition) is 1. The molecule has 0 aromatic carbocycles. The van der Waals surface area contributed by atoms with Gasteiger partial charge in [-0.15, -0.1) is 0 Å². The third-order valence-corrected chi connectivity index (χ3v) is 5.31. The van der Waals surface area contributed by atoms with Gasteiger partial charge in [-0.05, 0) is 50.9 Å². The third kappa shape index (κ3) is 1.97. The molecule has 3 nitrogen and oxygen atoms in total. The van der Waals surface area contributed by atoms with Crippen LogP contribution >= 0.6 is 0 Å². The van der Waals surface area contributed by atoms with Crippen LogP contribution in [-0.4, -0.2) is 24.2 Å². The molecule has 3 fully saturated rings. The Balaban J connectivity index is 1.77. The van der Waals surface area contributed by atoms with Crippen molar-refractivity contribution in [1.29, 1.82) is 0 Å². The van der Waals surface area contributed by atoms with Gasteiger partial charge in [0.25, 0.3) is 0 Å². The lowest BCUT2D eigenvalue weighted by Crippen LogP contribution is -2.59. The molecule has 0 spiro atoms. The Morgan fingerprint density at radius 3 is 2.61 bits per heavy atom. The van der Waals surface area contributed by atoms with Crippen LogP contribution in [0.2, 0.25) is 0 Å². The number of ether oxygens (including phenoxy) is 1. The molecule has 0 aromatic rings. The quantitative estimate of drug-likeness (QED) is 0.781. The molecule has 3 aliphatic rings. The Bertz CT molecular complexity index is 324. The minimum atomic E-state index is -0.325. The first-order valence-corrected chi connectivity index (χ1v) is 7.69. The average molecular weight is 251 g/mol. The summed E-state index contributed by atoms with van der Waals surface area (Å²) in [7, 11) is 0. The zero-order valence-corrected chi connectivity index (χ0v) is 11.4. The highest BCUT2D eigenvalue weighted by atomic mass is 16.5. The van der Waals surface area contributed by atoms with E-state index < -0.39 is 0 Å². The second kappa shape index (κ2) is 4.84. The van der Waals surface area contributed by atoms with Gasteiger partial charge < -0.3 is 4.74 Å². The van der Waals surface area contributed by atoms with Crippen LogP contribution in [0.1, 0.15) is 58.3 Å². The van der Waals surface area contributed by atoms with Gasteiger partial charge in [-0.25, -0.2) is 0 Å². The Morgan fingerprint density at radius 1 is 1.28 bits per heavy atom. The van der Waals surface area contributed by atoms with Gasteiger partial charge in [-0.3, -0.25) is 10.1 Å². The molecule has 2 bridgehead atoms. The lowest BCUT2D eigenvalue weighted by Gasteiger charge is -2.38. The Kier molecular flexibility index (Phi) is 3.35. The van der Waals surface area contributed by atoms with Crippen molar-refractivity contribution in [3.05, 3.63) is 0 Å². The smallest absolute Gasteiger partial charge is 0.326 e. The van der Waals surface area contributed by atoms with Gasteiger partial charge in [-0.2, -0.15) is 0 Å². The summed E-state index contributed by atoms with van der Waals surface area (Å²) < 4.78 is 5.39. The molecule has 3 aliphatic carbocycles. The van der Waals surface area contributed by atoms with E-state index in [4.69, 9.17) is 4.74 Å². The van der Waals surface area contributed by atoms with E-state index in [-0.39, 0.29) is 11.5 Å². The number of carbonyl (C=O) groups excluding carboxylic acids is 1. The molecular weight excluding hydrogens is 226 g/mol. The molecule has 3 heteroatoms. The van der Waals surface area contributed by atoms with Crippen molar-refractivity contribution in [2.24, 2.45) is 11.8 Å². The molecule has 0 saturated heterocycles. The fourth-order valence-corrected chi connectivity index (χ4v) is 4.51. The van der Waals surface area contributed by atoms with Crippen molar-refractivity contribution >= 4 is 5.97 Å². The zero-order valence-electron chi connectivity index (χ0n) is 11.4. The predicted molar refractivity (Wildman–Crippen MR) is 70.2 cm³/mol. The average Bonchev–Trinajstić information content (AvgIpc) is 3.05. The van der Waals surface area contributed by atoms with Gasteiger partial charge in [0.1, 0.15) is 5.54 Å². The summed E-state index contributed by atoms with van der Waals surface area (Å²) in [5.74, 6) is 1.32. The molecule has 0 amide bonds. The number of hydrogen-bond acceptors (Lipinski definition) is 3. The van der Waals surface area contributed by atoms with E-state index >= 15 is 0 Å². The minimum absolute atomic E-state index is 0.0316. The number of carbonyl (C=O) groups is 1. The normalized spacial score (nSPS) is 39.4. The van der Waals surface area contributed by atoms with Crippen LogP contribution in [0.25, 0.3) is 0 Å². The van der Waals surface area contributed by atoms with Gasteiger partial charge in [0, 0.05) is 6.04 Å². The third-order valence-electron chi connectivity index (χ3n) is 5.31. The summed E-state index contributed by atoms with van der Waals surface area (Å²) in [6.45, 7) is 2.42. The van der Waals surface area contributed by atoms with Crippen molar-refractivity contribution < 1.29 is 9.53 Å². The molecule has 0 aromatic heterocycles. The maximum Gasteiger partial charge on any atom is 0.326 e. The summed E-state index contributed by atoms with van der Waals surface area (Å²) in [5.41, 5.74) is -0.325. The van der Waals surface area contributed by atoms with E-state index in [1.807, 2.05) is 6.92 Å². The van der Waals surface area contributed by atoms with Gasteiger partial charge in [0.05, 0.1) is 6.61 Å². The largest absolute Gasteiger partial charge is 0.465 e. The summed E-state index contributed by atoms with van der Waals surface area (Å²) in [4.78, 5) is 12.5. The van der Waals surface area contributed by atoms with Crippen LogP contribution in [0.3, 0.4) is 0 Å². The van der Waals surface area contributed by atoms with Crippen LogP contribution in [0, 0.1) is 11.8 Å². The first-order chi connectivity index (χ1) is 8.74. The maximum absolute atomic E-state index is 12.5. The molecule has 1 N–H and O–H groups in total. The van der Waals surface area contributed by atoms with E-state index in [1.165, 1.54) is 44.9 Å². The standard InChI is InChI=1S/C15H25NO2/c1-2-18-14(17)15(16-13-5-3-4-6-13)10-11-7-8-12(15)9-11/h11-13,16H,2-10H2,1H3. The number of nitrogens with one attached hydrogen (secondary N) is 1. The van der Waals surface area contributed by atoms with E-state index in [9.17, 15) is 4.79 Å². The van der Waals surface area contributed by atoms with Crippen LogP contribution in [0.5, 0.6) is 0 Å². The highest BCUT2D eigenvalue weighted by Crippen LogP contribution is 2.51. The number of rotatable bonds is 4. The summed E-state index contributed by atoms with van der Waals surface area (Å²) in [6.07, 6.45) is 9.87. The zero-order chi connectivity index (χ0) is 12.6. The molecule has 0 heterocycles. The fourth-order valence-electron chi connectivity index (χ4n) is 4.51. The lowest BCUT2D eigenvalue weighted by atomic mass is 9.80. The fraction of sp³-hybridized carbons (Fsp3) is 0.933. The Labute approximate surface area is 110 Å². The summed E-state index contributed by atoms with van der Waals surface area (Å²) >= 11 is 0. The highest BCUT2D eigenvalue weighted by Gasteiger charge is 2.57. The Morgan fingerprint density at radius 2 is 2.06 bits per heavy atom. The molecular formula is C15H25NO2. The molecule has 3 saturated carbocycles. The molecule has 3 atom stereocenters.